The van der Waals surface area contributed by atoms with Crippen LogP contribution in [-0.2, 0) is 4.74 Å². The van der Waals surface area contributed by atoms with Crippen LogP contribution in [-0.4, -0.2) is 61.2 Å². The molecular weight excluding hydrogens is 366 g/mol. The average Bonchev–Trinajstić information content (AvgIpc) is 2.68. The summed E-state index contributed by atoms with van der Waals surface area (Å²) < 4.78 is 5.40. The maximum Gasteiger partial charge on any atom is 0.255 e. The van der Waals surface area contributed by atoms with Crippen molar-refractivity contribution in [3.05, 3.63) is 47.5 Å². The van der Waals surface area contributed by atoms with Gasteiger partial charge >= 0.3 is 0 Å². The Labute approximate surface area is 172 Å². The average molecular weight is 398 g/mol. The molecule has 0 saturated carbocycles. The van der Waals surface area contributed by atoms with Crippen molar-refractivity contribution in [2.75, 3.05) is 50.0 Å². The number of hydrogen-bond acceptors (Lipinski definition) is 6. The van der Waals surface area contributed by atoms with Crippen molar-refractivity contribution >= 4 is 23.2 Å². The number of nitrogens with zero attached hydrogens (tertiary/aromatic N) is 2. The van der Waals surface area contributed by atoms with E-state index in [4.69, 9.17) is 4.74 Å². The van der Waals surface area contributed by atoms with Crippen molar-refractivity contribution in [2.45, 2.75) is 26.8 Å². The number of aromatic nitrogens is 1. The number of anilines is 3. The van der Waals surface area contributed by atoms with Gasteiger partial charge in [0.05, 0.1) is 18.8 Å². The van der Waals surface area contributed by atoms with Gasteiger partial charge in [0.25, 0.3) is 5.91 Å². The third-order valence-corrected chi connectivity index (χ3v) is 4.67. The SMILES string of the molecule is Cc1cccc(Nc2ccc(C(=O)NC(C)C)c(NCCN3CCOCC3)n2)c1. The number of nitrogens with one attached hydrogen (secondary N) is 3. The van der Waals surface area contributed by atoms with Crippen LogP contribution in [0.4, 0.5) is 17.3 Å². The highest BCUT2D eigenvalue weighted by atomic mass is 16.5. The lowest BCUT2D eigenvalue weighted by Crippen LogP contribution is -2.39. The van der Waals surface area contributed by atoms with E-state index in [0.29, 0.717) is 23.7 Å². The number of hydrogen-bond donors (Lipinski definition) is 3. The van der Waals surface area contributed by atoms with Crippen molar-refractivity contribution in [3.63, 3.8) is 0 Å². The number of pyridine rings is 1. The van der Waals surface area contributed by atoms with Gasteiger partial charge in [-0.1, -0.05) is 12.1 Å². The monoisotopic (exact) mass is 397 g/mol. The van der Waals surface area contributed by atoms with Gasteiger partial charge in [-0.3, -0.25) is 9.69 Å². The highest BCUT2D eigenvalue weighted by molar-refractivity contribution is 5.99. The molecule has 3 rings (SSSR count). The van der Waals surface area contributed by atoms with E-state index in [9.17, 15) is 4.79 Å². The zero-order valence-electron chi connectivity index (χ0n) is 17.5. The summed E-state index contributed by atoms with van der Waals surface area (Å²) in [5.41, 5.74) is 2.69. The van der Waals surface area contributed by atoms with E-state index in [1.807, 2.05) is 38.1 Å². The van der Waals surface area contributed by atoms with E-state index in [0.717, 1.165) is 38.5 Å². The quantitative estimate of drug-likeness (QED) is 0.636. The van der Waals surface area contributed by atoms with Crippen LogP contribution >= 0.6 is 0 Å². The van der Waals surface area contributed by atoms with Crippen molar-refractivity contribution in [3.8, 4) is 0 Å². The van der Waals surface area contributed by atoms with E-state index in [1.165, 1.54) is 5.56 Å². The molecule has 29 heavy (non-hydrogen) atoms. The molecule has 0 bridgehead atoms. The number of carbonyl (C=O) groups excluding carboxylic acids is 1. The van der Waals surface area contributed by atoms with Gasteiger partial charge in [-0.2, -0.15) is 0 Å². The second-order valence-corrected chi connectivity index (χ2v) is 7.60. The molecule has 0 aliphatic carbocycles. The summed E-state index contributed by atoms with van der Waals surface area (Å²) in [6.07, 6.45) is 0. The largest absolute Gasteiger partial charge is 0.379 e. The van der Waals surface area contributed by atoms with Crippen molar-refractivity contribution in [1.29, 1.82) is 0 Å². The summed E-state index contributed by atoms with van der Waals surface area (Å²) in [4.78, 5) is 19.6. The summed E-state index contributed by atoms with van der Waals surface area (Å²) in [5, 5.41) is 9.63. The Hall–Kier alpha value is -2.64. The van der Waals surface area contributed by atoms with Crippen LogP contribution in [0.15, 0.2) is 36.4 Å². The first kappa shape index (κ1) is 21.1. The van der Waals surface area contributed by atoms with Gasteiger partial charge in [0.1, 0.15) is 11.6 Å². The highest BCUT2D eigenvalue weighted by Crippen LogP contribution is 2.21. The molecule has 0 spiro atoms. The molecule has 2 heterocycles. The Morgan fingerprint density at radius 3 is 2.72 bits per heavy atom. The van der Waals surface area contributed by atoms with Gasteiger partial charge < -0.3 is 20.7 Å². The molecule has 1 fully saturated rings. The van der Waals surface area contributed by atoms with Gasteiger partial charge in [0.2, 0.25) is 0 Å². The molecule has 1 aliphatic heterocycles. The first-order valence-corrected chi connectivity index (χ1v) is 10.2. The predicted molar refractivity (Wildman–Crippen MR) is 117 cm³/mol. The molecule has 7 nitrogen and oxygen atoms in total. The number of aryl methyl sites for hydroxylation is 1. The number of rotatable bonds is 8. The van der Waals surface area contributed by atoms with Crippen LogP contribution in [0.25, 0.3) is 0 Å². The number of amides is 1. The summed E-state index contributed by atoms with van der Waals surface area (Å²) >= 11 is 0. The van der Waals surface area contributed by atoms with E-state index in [2.05, 4.69) is 44.9 Å². The second-order valence-electron chi connectivity index (χ2n) is 7.60. The van der Waals surface area contributed by atoms with Crippen LogP contribution in [0.1, 0.15) is 29.8 Å². The number of morpholine rings is 1. The minimum Gasteiger partial charge on any atom is -0.379 e. The Bertz CT molecular complexity index is 819. The van der Waals surface area contributed by atoms with Crippen LogP contribution in [0.3, 0.4) is 0 Å². The Morgan fingerprint density at radius 1 is 1.21 bits per heavy atom. The Balaban J connectivity index is 1.73. The molecular formula is C22H31N5O2. The fraction of sp³-hybridized carbons (Fsp3) is 0.455. The van der Waals surface area contributed by atoms with Crippen molar-refractivity contribution in [1.82, 2.24) is 15.2 Å². The predicted octanol–water partition coefficient (Wildman–Crippen LogP) is 3.02. The van der Waals surface area contributed by atoms with Gasteiger partial charge in [-0.05, 0) is 50.6 Å². The fourth-order valence-corrected chi connectivity index (χ4v) is 3.21. The van der Waals surface area contributed by atoms with Crippen molar-refractivity contribution in [2.24, 2.45) is 0 Å². The Morgan fingerprint density at radius 2 is 2.00 bits per heavy atom. The maximum absolute atomic E-state index is 12.6. The molecule has 1 aromatic heterocycles. The summed E-state index contributed by atoms with van der Waals surface area (Å²) in [5.74, 6) is 1.17. The summed E-state index contributed by atoms with van der Waals surface area (Å²) in [7, 11) is 0. The van der Waals surface area contributed by atoms with E-state index >= 15 is 0 Å². The topological polar surface area (TPSA) is 78.5 Å². The molecule has 0 unspecified atom stereocenters. The maximum atomic E-state index is 12.6. The fourth-order valence-electron chi connectivity index (χ4n) is 3.21. The lowest BCUT2D eigenvalue weighted by Gasteiger charge is -2.26. The minimum absolute atomic E-state index is 0.0637. The molecule has 1 amide bonds. The molecule has 1 saturated heterocycles. The highest BCUT2D eigenvalue weighted by Gasteiger charge is 2.16. The summed E-state index contributed by atoms with van der Waals surface area (Å²) in [6.45, 7) is 11.0. The number of ether oxygens (including phenoxy) is 1. The molecule has 1 aliphatic rings. The third-order valence-electron chi connectivity index (χ3n) is 4.67. The molecule has 3 N–H and O–H groups in total. The number of carbonyl (C=O) groups is 1. The third kappa shape index (κ3) is 6.44. The zero-order valence-corrected chi connectivity index (χ0v) is 17.5. The lowest BCUT2D eigenvalue weighted by atomic mass is 10.2. The standard InChI is InChI=1S/C22H31N5O2/c1-16(2)24-22(28)19-7-8-20(25-18-6-4-5-17(3)15-18)26-21(19)23-9-10-27-11-13-29-14-12-27/h4-8,15-16H,9-14H2,1-3H3,(H,24,28)(H2,23,25,26). The van der Waals surface area contributed by atoms with Crippen LogP contribution in [0, 0.1) is 6.92 Å². The molecule has 156 valence electrons. The normalized spacial score (nSPS) is 14.6. The second kappa shape index (κ2) is 10.2. The smallest absolute Gasteiger partial charge is 0.255 e. The molecule has 0 radical (unpaired) electrons. The molecule has 0 atom stereocenters. The van der Waals surface area contributed by atoms with Gasteiger partial charge in [0.15, 0.2) is 0 Å². The molecule has 7 heteroatoms. The first-order chi connectivity index (χ1) is 14.0. The van der Waals surface area contributed by atoms with Crippen LogP contribution in [0.5, 0.6) is 0 Å². The lowest BCUT2D eigenvalue weighted by molar-refractivity contribution is 0.0398. The zero-order chi connectivity index (χ0) is 20.6. The van der Waals surface area contributed by atoms with Crippen molar-refractivity contribution < 1.29 is 9.53 Å². The van der Waals surface area contributed by atoms with Crippen LogP contribution in [0.2, 0.25) is 0 Å². The van der Waals surface area contributed by atoms with Gasteiger partial charge in [-0.15, -0.1) is 0 Å². The van der Waals surface area contributed by atoms with E-state index in [1.54, 1.807) is 0 Å². The number of benzene rings is 1. The van der Waals surface area contributed by atoms with Gasteiger partial charge in [0, 0.05) is 37.9 Å². The van der Waals surface area contributed by atoms with E-state index < -0.39 is 0 Å². The van der Waals surface area contributed by atoms with Crippen LogP contribution < -0.4 is 16.0 Å². The summed E-state index contributed by atoms with van der Waals surface area (Å²) in [6, 6.07) is 11.8. The first-order valence-electron chi connectivity index (χ1n) is 10.2. The van der Waals surface area contributed by atoms with E-state index in [-0.39, 0.29) is 11.9 Å². The minimum atomic E-state index is -0.122. The Kier molecular flexibility index (Phi) is 7.43. The molecule has 2 aromatic rings. The molecule has 1 aromatic carbocycles. The van der Waals surface area contributed by atoms with Gasteiger partial charge in [-0.25, -0.2) is 4.98 Å².